The Labute approximate surface area is 161 Å². The Morgan fingerprint density at radius 2 is 1.64 bits per heavy atom. The zero-order valence-electron chi connectivity index (χ0n) is 15.1. The van der Waals surface area contributed by atoms with Crippen LogP contribution in [0.25, 0.3) is 0 Å². The third-order valence-electron chi connectivity index (χ3n) is 3.76. The highest BCUT2D eigenvalue weighted by Gasteiger charge is 2.14. The molecule has 140 valence electrons. The highest BCUT2D eigenvalue weighted by Crippen LogP contribution is 2.21. The van der Waals surface area contributed by atoms with Crippen molar-refractivity contribution in [2.24, 2.45) is 4.99 Å². The Hall–Kier alpha value is -3.80. The van der Waals surface area contributed by atoms with Crippen LogP contribution in [0, 0.1) is 5.82 Å². The molecule has 0 spiro atoms. The molecule has 0 aliphatic heterocycles. The maximum atomic E-state index is 13.8. The van der Waals surface area contributed by atoms with E-state index < -0.39 is 11.8 Å². The molecule has 1 amide bonds. The van der Waals surface area contributed by atoms with Crippen LogP contribution in [0.2, 0.25) is 0 Å². The standard InChI is InChI=1S/C22H17FN2O3/c1-15(26)25-18-12-10-17(11-13-18)24-14-16-6-2-5-9-21(16)28-22(27)19-7-3-4-8-20(19)23/h2-14H,1H3,(H,25,26). The smallest absolute Gasteiger partial charge is 0.346 e. The average Bonchev–Trinajstić information content (AvgIpc) is 2.68. The third kappa shape index (κ3) is 4.88. The topological polar surface area (TPSA) is 67.8 Å². The molecule has 6 heteroatoms. The summed E-state index contributed by atoms with van der Waals surface area (Å²) in [6, 6.07) is 19.4. The molecule has 5 nitrogen and oxygen atoms in total. The predicted molar refractivity (Wildman–Crippen MR) is 106 cm³/mol. The van der Waals surface area contributed by atoms with Gasteiger partial charge in [0.05, 0.1) is 11.3 Å². The van der Waals surface area contributed by atoms with E-state index in [1.807, 2.05) is 0 Å². The molecule has 0 aromatic heterocycles. The maximum Gasteiger partial charge on any atom is 0.346 e. The number of nitrogens with one attached hydrogen (secondary N) is 1. The highest BCUT2D eigenvalue weighted by atomic mass is 19.1. The maximum absolute atomic E-state index is 13.8. The summed E-state index contributed by atoms with van der Waals surface area (Å²) in [6.07, 6.45) is 1.55. The Bertz CT molecular complexity index is 1030. The van der Waals surface area contributed by atoms with E-state index in [0.717, 1.165) is 0 Å². The van der Waals surface area contributed by atoms with Gasteiger partial charge in [0.15, 0.2) is 0 Å². The largest absolute Gasteiger partial charge is 0.422 e. The highest BCUT2D eigenvalue weighted by molar-refractivity contribution is 5.93. The molecule has 3 rings (SSSR count). The Morgan fingerprint density at radius 3 is 2.36 bits per heavy atom. The number of aliphatic imine (C=N–C) groups is 1. The van der Waals surface area contributed by atoms with Crippen molar-refractivity contribution < 1.29 is 18.7 Å². The summed E-state index contributed by atoms with van der Waals surface area (Å²) < 4.78 is 19.1. The van der Waals surface area contributed by atoms with Crippen molar-refractivity contribution in [1.82, 2.24) is 0 Å². The van der Waals surface area contributed by atoms with Crippen molar-refractivity contribution in [2.75, 3.05) is 5.32 Å². The Morgan fingerprint density at radius 1 is 0.964 bits per heavy atom. The minimum absolute atomic E-state index is 0.136. The van der Waals surface area contributed by atoms with Crippen molar-refractivity contribution >= 4 is 29.5 Å². The van der Waals surface area contributed by atoms with Gasteiger partial charge in [-0.1, -0.05) is 24.3 Å². The van der Waals surface area contributed by atoms with Crippen LogP contribution >= 0.6 is 0 Å². The molecular weight excluding hydrogens is 359 g/mol. The van der Waals surface area contributed by atoms with Crippen LogP contribution in [0.4, 0.5) is 15.8 Å². The van der Waals surface area contributed by atoms with Gasteiger partial charge >= 0.3 is 5.97 Å². The van der Waals surface area contributed by atoms with Crippen LogP contribution in [0.5, 0.6) is 5.75 Å². The van der Waals surface area contributed by atoms with E-state index in [9.17, 15) is 14.0 Å². The van der Waals surface area contributed by atoms with Crippen LogP contribution in [0.3, 0.4) is 0 Å². The number of hydrogen-bond acceptors (Lipinski definition) is 4. The summed E-state index contributed by atoms with van der Waals surface area (Å²) in [5, 5.41) is 2.68. The van der Waals surface area contributed by atoms with Crippen molar-refractivity contribution in [3.63, 3.8) is 0 Å². The lowest BCUT2D eigenvalue weighted by Gasteiger charge is -2.08. The number of nitrogens with zero attached hydrogens (tertiary/aromatic N) is 1. The van der Waals surface area contributed by atoms with Crippen LogP contribution in [0.1, 0.15) is 22.8 Å². The molecule has 1 N–H and O–H groups in total. The minimum Gasteiger partial charge on any atom is -0.422 e. The molecule has 0 saturated heterocycles. The van der Waals surface area contributed by atoms with Crippen LogP contribution < -0.4 is 10.1 Å². The Kier molecular flexibility index (Phi) is 5.91. The normalized spacial score (nSPS) is 10.6. The number of carbonyl (C=O) groups excluding carboxylic acids is 2. The first-order chi connectivity index (χ1) is 13.5. The van der Waals surface area contributed by atoms with Crippen LogP contribution in [-0.2, 0) is 4.79 Å². The zero-order valence-corrected chi connectivity index (χ0v) is 15.1. The van der Waals surface area contributed by atoms with Gasteiger partial charge < -0.3 is 10.1 Å². The van der Waals surface area contributed by atoms with Gasteiger partial charge in [-0.15, -0.1) is 0 Å². The van der Waals surface area contributed by atoms with Crippen LogP contribution in [-0.4, -0.2) is 18.1 Å². The fourth-order valence-corrected chi connectivity index (χ4v) is 2.44. The van der Waals surface area contributed by atoms with E-state index in [4.69, 9.17) is 4.74 Å². The fourth-order valence-electron chi connectivity index (χ4n) is 2.44. The number of para-hydroxylation sites is 1. The molecule has 0 fully saturated rings. The number of ether oxygens (including phenoxy) is 1. The Balaban J connectivity index is 1.77. The molecule has 3 aromatic rings. The molecule has 3 aromatic carbocycles. The lowest BCUT2D eigenvalue weighted by molar-refractivity contribution is -0.114. The van der Waals surface area contributed by atoms with Crippen molar-refractivity contribution in [1.29, 1.82) is 0 Å². The number of amides is 1. The van der Waals surface area contributed by atoms with Gasteiger partial charge in [0.1, 0.15) is 11.6 Å². The lowest BCUT2D eigenvalue weighted by atomic mass is 10.2. The summed E-state index contributed by atoms with van der Waals surface area (Å²) in [5.74, 6) is -1.30. The molecule has 0 radical (unpaired) electrons. The molecular formula is C22H17FN2O3. The molecule has 0 unspecified atom stereocenters. The number of anilines is 1. The molecule has 0 atom stereocenters. The monoisotopic (exact) mass is 376 g/mol. The van der Waals surface area contributed by atoms with Crippen LogP contribution in [0.15, 0.2) is 77.8 Å². The predicted octanol–water partition coefficient (Wildman–Crippen LogP) is 4.75. The molecule has 0 aliphatic rings. The fraction of sp³-hybridized carbons (Fsp3) is 0.0455. The minimum atomic E-state index is -0.779. The summed E-state index contributed by atoms with van der Waals surface area (Å²) >= 11 is 0. The number of halogens is 1. The average molecular weight is 376 g/mol. The zero-order chi connectivity index (χ0) is 19.9. The first kappa shape index (κ1) is 19.0. The summed E-state index contributed by atoms with van der Waals surface area (Å²) in [5.41, 5.74) is 1.76. The molecule has 28 heavy (non-hydrogen) atoms. The summed E-state index contributed by atoms with van der Waals surface area (Å²) in [7, 11) is 0. The van der Waals surface area contributed by atoms with Gasteiger partial charge in [0.2, 0.25) is 5.91 Å². The molecule has 0 bridgehead atoms. The van der Waals surface area contributed by atoms with Gasteiger partial charge in [-0.2, -0.15) is 0 Å². The van der Waals surface area contributed by atoms with Crippen molar-refractivity contribution in [3.05, 3.63) is 89.7 Å². The van der Waals surface area contributed by atoms with Gasteiger partial charge in [0.25, 0.3) is 0 Å². The SMILES string of the molecule is CC(=O)Nc1ccc(N=Cc2ccccc2OC(=O)c2ccccc2F)cc1. The molecule has 0 aliphatic carbocycles. The van der Waals surface area contributed by atoms with Crippen molar-refractivity contribution in [3.8, 4) is 5.75 Å². The van der Waals surface area contributed by atoms with Gasteiger partial charge in [0, 0.05) is 24.4 Å². The van der Waals surface area contributed by atoms with Gasteiger partial charge in [-0.25, -0.2) is 9.18 Å². The van der Waals surface area contributed by atoms with Gasteiger partial charge in [-0.05, 0) is 48.5 Å². The second-order valence-corrected chi connectivity index (χ2v) is 5.89. The van der Waals surface area contributed by atoms with E-state index in [-0.39, 0.29) is 17.2 Å². The second kappa shape index (κ2) is 8.73. The van der Waals surface area contributed by atoms with E-state index in [1.165, 1.54) is 25.1 Å². The number of hydrogen-bond donors (Lipinski definition) is 1. The van der Waals surface area contributed by atoms with E-state index in [1.54, 1.807) is 60.8 Å². The summed E-state index contributed by atoms with van der Waals surface area (Å²) in [4.78, 5) is 27.6. The molecule has 0 saturated carbocycles. The quantitative estimate of drug-likeness (QED) is 0.397. The van der Waals surface area contributed by atoms with E-state index in [2.05, 4.69) is 10.3 Å². The number of rotatable bonds is 5. The van der Waals surface area contributed by atoms with Gasteiger partial charge in [-0.3, -0.25) is 9.79 Å². The van der Waals surface area contributed by atoms with Crippen molar-refractivity contribution in [2.45, 2.75) is 6.92 Å². The molecule has 0 heterocycles. The first-order valence-electron chi connectivity index (χ1n) is 8.50. The van der Waals surface area contributed by atoms with E-state index in [0.29, 0.717) is 16.9 Å². The third-order valence-corrected chi connectivity index (χ3v) is 3.76. The number of carbonyl (C=O) groups is 2. The van der Waals surface area contributed by atoms with E-state index >= 15 is 0 Å². The number of esters is 1. The first-order valence-corrected chi connectivity index (χ1v) is 8.50. The second-order valence-electron chi connectivity index (χ2n) is 5.89. The lowest BCUT2D eigenvalue weighted by Crippen LogP contribution is -2.11. The number of benzene rings is 3. The summed E-state index contributed by atoms with van der Waals surface area (Å²) in [6.45, 7) is 1.44.